The topological polar surface area (TPSA) is 84.1 Å². The first kappa shape index (κ1) is 13.0. The molecule has 0 aromatic carbocycles. The van der Waals surface area contributed by atoms with E-state index in [9.17, 15) is 5.11 Å². The first-order chi connectivity index (χ1) is 7.15. The van der Waals surface area contributed by atoms with Crippen molar-refractivity contribution in [1.29, 1.82) is 0 Å². The second kappa shape index (κ2) is 4.07. The van der Waals surface area contributed by atoms with Crippen LogP contribution in [0.5, 0.6) is 0 Å². The lowest BCUT2D eigenvalue weighted by Gasteiger charge is -2.38. The average Bonchev–Trinajstić information content (AvgIpc) is 2.11. The second-order valence-electron chi connectivity index (χ2n) is 4.73. The number of anilines is 2. The summed E-state index contributed by atoms with van der Waals surface area (Å²) in [5.74, 6) is 0.631. The predicted molar refractivity (Wildman–Crippen MR) is 65.5 cm³/mol. The number of rotatable bonds is 3. The summed E-state index contributed by atoms with van der Waals surface area (Å²) < 4.78 is 0. The molecule has 0 aliphatic carbocycles. The Morgan fingerprint density at radius 1 is 1.31 bits per heavy atom. The Kier molecular flexibility index (Phi) is 3.30. The molecule has 4 N–H and O–H groups in total. The molecule has 0 fully saturated rings. The van der Waals surface area contributed by atoms with E-state index in [0.29, 0.717) is 5.82 Å². The van der Waals surface area contributed by atoms with Gasteiger partial charge in [0.2, 0.25) is 0 Å². The molecule has 16 heavy (non-hydrogen) atoms. The van der Waals surface area contributed by atoms with E-state index in [1.807, 2.05) is 13.8 Å². The normalized spacial score (nSPS) is 12.6. The zero-order valence-corrected chi connectivity index (χ0v) is 10.6. The molecule has 0 amide bonds. The fraction of sp³-hybridized carbons (Fsp3) is 0.600. The number of nitrogens with one attached hydrogen (secondary N) is 1. The first-order valence-electron chi connectivity index (χ1n) is 4.91. The van der Waals surface area contributed by atoms with E-state index in [1.165, 1.54) is 6.33 Å². The highest BCUT2D eigenvalue weighted by molar-refractivity contribution is 6.35. The van der Waals surface area contributed by atoms with Gasteiger partial charge in [-0.25, -0.2) is 9.97 Å². The van der Waals surface area contributed by atoms with Crippen molar-refractivity contribution in [2.75, 3.05) is 11.1 Å². The van der Waals surface area contributed by atoms with Crippen LogP contribution in [0.3, 0.4) is 0 Å². The molecule has 1 heterocycles. The molecule has 1 aromatic rings. The van der Waals surface area contributed by atoms with Gasteiger partial charge in [-0.1, -0.05) is 11.6 Å². The van der Waals surface area contributed by atoms with Gasteiger partial charge in [0, 0.05) is 0 Å². The van der Waals surface area contributed by atoms with Gasteiger partial charge in [-0.2, -0.15) is 0 Å². The number of nitrogen functional groups attached to an aromatic ring is 1. The molecule has 0 aliphatic rings. The monoisotopic (exact) mass is 244 g/mol. The number of nitrogens with two attached hydrogens (primary N) is 1. The molecule has 1 rings (SSSR count). The Balaban J connectivity index is 3.02. The van der Waals surface area contributed by atoms with Crippen molar-refractivity contribution in [3.8, 4) is 0 Å². The number of nitrogens with zero attached hydrogens (tertiary/aromatic N) is 2. The van der Waals surface area contributed by atoms with Crippen LogP contribution in [0.25, 0.3) is 0 Å². The lowest BCUT2D eigenvalue weighted by Crippen LogP contribution is -2.51. The Bertz CT molecular complexity index is 387. The molecule has 90 valence electrons. The number of aromatic nitrogens is 2. The summed E-state index contributed by atoms with van der Waals surface area (Å²) in [6.07, 6.45) is 1.32. The van der Waals surface area contributed by atoms with Crippen molar-refractivity contribution >= 4 is 23.2 Å². The van der Waals surface area contributed by atoms with Crippen LogP contribution >= 0.6 is 11.6 Å². The Morgan fingerprint density at radius 2 is 1.88 bits per heavy atom. The van der Waals surface area contributed by atoms with Crippen molar-refractivity contribution in [1.82, 2.24) is 9.97 Å². The lowest BCUT2D eigenvalue weighted by molar-refractivity contribution is 0.0239. The van der Waals surface area contributed by atoms with Crippen LogP contribution < -0.4 is 11.1 Å². The zero-order valence-electron chi connectivity index (χ0n) is 9.87. The van der Waals surface area contributed by atoms with E-state index in [-0.39, 0.29) is 10.8 Å². The maximum absolute atomic E-state index is 9.99. The minimum atomic E-state index is -0.934. The molecule has 0 bridgehead atoms. The van der Waals surface area contributed by atoms with E-state index in [0.717, 1.165) is 0 Å². The highest BCUT2D eigenvalue weighted by atomic mass is 35.5. The van der Waals surface area contributed by atoms with Gasteiger partial charge >= 0.3 is 0 Å². The van der Waals surface area contributed by atoms with Crippen LogP contribution in [-0.4, -0.2) is 26.2 Å². The second-order valence-corrected chi connectivity index (χ2v) is 5.11. The number of hydrogen-bond acceptors (Lipinski definition) is 5. The molecule has 5 nitrogen and oxygen atoms in total. The summed E-state index contributed by atoms with van der Waals surface area (Å²) in [5.41, 5.74) is 4.03. The van der Waals surface area contributed by atoms with Crippen molar-refractivity contribution in [2.45, 2.75) is 38.8 Å². The molecule has 0 radical (unpaired) electrons. The maximum Gasteiger partial charge on any atom is 0.150 e. The van der Waals surface area contributed by atoms with Crippen molar-refractivity contribution in [3.05, 3.63) is 11.3 Å². The van der Waals surface area contributed by atoms with Gasteiger partial charge in [0.25, 0.3) is 0 Å². The van der Waals surface area contributed by atoms with Gasteiger partial charge in [0.15, 0.2) is 5.82 Å². The third-order valence-corrected chi connectivity index (χ3v) is 3.15. The van der Waals surface area contributed by atoms with Gasteiger partial charge in [-0.3, -0.25) is 0 Å². The fourth-order valence-corrected chi connectivity index (χ4v) is 1.06. The molecule has 0 saturated heterocycles. The Labute approximate surface area is 100 Å². The first-order valence-corrected chi connectivity index (χ1v) is 5.29. The summed E-state index contributed by atoms with van der Waals surface area (Å²) >= 11 is 5.96. The predicted octanol–water partition coefficient (Wildman–Crippen LogP) is 1.67. The van der Waals surface area contributed by atoms with Gasteiger partial charge in [-0.15, -0.1) is 0 Å². The van der Waals surface area contributed by atoms with Crippen LogP contribution in [0.1, 0.15) is 27.7 Å². The van der Waals surface area contributed by atoms with E-state index >= 15 is 0 Å². The summed E-state index contributed by atoms with van der Waals surface area (Å²) in [5, 5.41) is 13.3. The van der Waals surface area contributed by atoms with E-state index in [4.69, 9.17) is 17.3 Å². The summed E-state index contributed by atoms with van der Waals surface area (Å²) in [4.78, 5) is 7.76. The van der Waals surface area contributed by atoms with Crippen LogP contribution in [0.4, 0.5) is 11.6 Å². The minimum absolute atomic E-state index is 0.214. The van der Waals surface area contributed by atoms with E-state index in [1.54, 1.807) is 13.8 Å². The van der Waals surface area contributed by atoms with E-state index in [2.05, 4.69) is 15.3 Å². The molecular weight excluding hydrogens is 228 g/mol. The molecular formula is C10H17ClN4O. The minimum Gasteiger partial charge on any atom is -0.388 e. The molecule has 0 saturated carbocycles. The average molecular weight is 245 g/mol. The van der Waals surface area contributed by atoms with Gasteiger partial charge in [0.05, 0.1) is 11.1 Å². The van der Waals surface area contributed by atoms with Crippen LogP contribution in [0, 0.1) is 0 Å². The molecule has 0 atom stereocenters. The third kappa shape index (κ3) is 2.54. The molecule has 1 aromatic heterocycles. The molecule has 6 heteroatoms. The van der Waals surface area contributed by atoms with Crippen molar-refractivity contribution in [3.63, 3.8) is 0 Å². The summed E-state index contributed by atoms with van der Waals surface area (Å²) in [6, 6.07) is 0. The maximum atomic E-state index is 9.99. The van der Waals surface area contributed by atoms with Crippen LogP contribution in [0.2, 0.25) is 5.02 Å². The summed E-state index contributed by atoms with van der Waals surface area (Å²) in [7, 11) is 0. The highest BCUT2D eigenvalue weighted by Crippen LogP contribution is 2.30. The summed E-state index contributed by atoms with van der Waals surface area (Å²) in [6.45, 7) is 7.11. The van der Waals surface area contributed by atoms with Gasteiger partial charge < -0.3 is 16.2 Å². The van der Waals surface area contributed by atoms with Crippen molar-refractivity contribution < 1.29 is 5.11 Å². The standard InChI is InChI=1S/C10H17ClN4O/c1-9(2,10(3,4)16)15-8-6(11)7(12)13-5-14-8/h5,16H,1-4H3,(H3,12,13,14,15). The number of aliphatic hydroxyl groups is 1. The Morgan fingerprint density at radius 3 is 2.38 bits per heavy atom. The quantitative estimate of drug-likeness (QED) is 0.753. The van der Waals surface area contributed by atoms with E-state index < -0.39 is 11.1 Å². The molecule has 0 aliphatic heterocycles. The van der Waals surface area contributed by atoms with Crippen molar-refractivity contribution in [2.24, 2.45) is 0 Å². The smallest absolute Gasteiger partial charge is 0.150 e. The largest absolute Gasteiger partial charge is 0.388 e. The number of hydrogen-bond donors (Lipinski definition) is 3. The Hall–Kier alpha value is -1.07. The number of halogens is 1. The molecule has 0 unspecified atom stereocenters. The van der Waals surface area contributed by atoms with Crippen LogP contribution in [-0.2, 0) is 0 Å². The highest BCUT2D eigenvalue weighted by Gasteiger charge is 2.35. The molecule has 0 spiro atoms. The van der Waals surface area contributed by atoms with Gasteiger partial charge in [-0.05, 0) is 27.7 Å². The van der Waals surface area contributed by atoms with Gasteiger partial charge in [0.1, 0.15) is 17.2 Å². The zero-order chi connectivity index (χ0) is 12.6. The SMILES string of the molecule is CC(C)(O)C(C)(C)Nc1ncnc(N)c1Cl. The fourth-order valence-electron chi connectivity index (χ4n) is 0.920. The third-order valence-electron chi connectivity index (χ3n) is 2.78. The van der Waals surface area contributed by atoms with Crippen LogP contribution in [0.15, 0.2) is 6.33 Å². The lowest BCUT2D eigenvalue weighted by atomic mass is 9.86.